The summed E-state index contributed by atoms with van der Waals surface area (Å²) in [7, 11) is 0. The Hall–Kier alpha value is -1.80. The van der Waals surface area contributed by atoms with Crippen LogP contribution in [0, 0.1) is 0 Å². The van der Waals surface area contributed by atoms with Gasteiger partial charge in [0.1, 0.15) is 5.75 Å². The lowest BCUT2D eigenvalue weighted by molar-refractivity contribution is 0.335. The summed E-state index contributed by atoms with van der Waals surface area (Å²) in [6.07, 6.45) is 4.03. The van der Waals surface area contributed by atoms with Gasteiger partial charge in [0.2, 0.25) is 0 Å². The van der Waals surface area contributed by atoms with Gasteiger partial charge in [-0.05, 0) is 42.9 Å². The SMILES string of the molecule is CCOc1ccccc1C(N)c1ccc(C2CCC2)cc1. The third kappa shape index (κ3) is 2.96. The molecule has 1 fully saturated rings. The fourth-order valence-corrected chi connectivity index (χ4v) is 2.92. The molecule has 0 heterocycles. The first-order valence-electron chi connectivity index (χ1n) is 7.86. The van der Waals surface area contributed by atoms with Crippen molar-refractivity contribution in [2.45, 2.75) is 38.1 Å². The summed E-state index contributed by atoms with van der Waals surface area (Å²) < 4.78 is 5.69. The van der Waals surface area contributed by atoms with Gasteiger partial charge >= 0.3 is 0 Å². The van der Waals surface area contributed by atoms with E-state index in [0.29, 0.717) is 6.61 Å². The molecule has 2 N–H and O–H groups in total. The quantitative estimate of drug-likeness (QED) is 0.881. The molecule has 0 aliphatic heterocycles. The smallest absolute Gasteiger partial charge is 0.124 e. The highest BCUT2D eigenvalue weighted by atomic mass is 16.5. The third-order valence-corrected chi connectivity index (χ3v) is 4.43. The Kier molecular flexibility index (Phi) is 4.26. The van der Waals surface area contributed by atoms with Crippen LogP contribution < -0.4 is 10.5 Å². The van der Waals surface area contributed by atoms with E-state index in [9.17, 15) is 0 Å². The zero-order chi connectivity index (χ0) is 14.7. The number of ether oxygens (including phenoxy) is 1. The standard InChI is InChI=1S/C19H23NO/c1-2-21-18-9-4-3-8-17(18)19(20)16-12-10-15(11-13-16)14-6-5-7-14/h3-4,8-14,19H,2,5-7,20H2,1H3. The zero-order valence-electron chi connectivity index (χ0n) is 12.6. The van der Waals surface area contributed by atoms with Gasteiger partial charge in [-0.2, -0.15) is 0 Å². The Labute approximate surface area is 126 Å². The first-order chi connectivity index (χ1) is 10.3. The maximum Gasteiger partial charge on any atom is 0.124 e. The summed E-state index contributed by atoms with van der Waals surface area (Å²) in [5.74, 6) is 1.65. The molecule has 0 spiro atoms. The third-order valence-electron chi connectivity index (χ3n) is 4.43. The second-order valence-electron chi connectivity index (χ2n) is 5.74. The monoisotopic (exact) mass is 281 g/mol. The number of benzene rings is 2. The molecular weight excluding hydrogens is 258 g/mol. The molecule has 2 aromatic rings. The second-order valence-corrected chi connectivity index (χ2v) is 5.74. The van der Waals surface area contributed by atoms with E-state index in [0.717, 1.165) is 22.8 Å². The van der Waals surface area contributed by atoms with E-state index >= 15 is 0 Å². The van der Waals surface area contributed by atoms with Crippen molar-refractivity contribution in [3.05, 3.63) is 65.2 Å². The molecule has 1 aliphatic rings. The van der Waals surface area contributed by atoms with Crippen LogP contribution in [0.4, 0.5) is 0 Å². The number of rotatable bonds is 5. The van der Waals surface area contributed by atoms with Crippen LogP contribution in [0.25, 0.3) is 0 Å². The van der Waals surface area contributed by atoms with E-state index in [-0.39, 0.29) is 6.04 Å². The molecule has 2 aromatic carbocycles. The first kappa shape index (κ1) is 14.2. The van der Waals surface area contributed by atoms with Gasteiger partial charge in [-0.1, -0.05) is 48.9 Å². The van der Waals surface area contributed by atoms with Gasteiger partial charge in [0.05, 0.1) is 12.6 Å². The van der Waals surface area contributed by atoms with E-state index in [1.807, 2.05) is 25.1 Å². The Morgan fingerprint density at radius 2 is 1.81 bits per heavy atom. The lowest BCUT2D eigenvalue weighted by atomic mass is 9.79. The molecule has 3 rings (SSSR count). The summed E-state index contributed by atoms with van der Waals surface area (Å²) in [4.78, 5) is 0. The van der Waals surface area contributed by atoms with Gasteiger partial charge in [0, 0.05) is 5.56 Å². The second kappa shape index (κ2) is 6.31. The summed E-state index contributed by atoms with van der Waals surface area (Å²) in [5.41, 5.74) is 10.1. The zero-order valence-corrected chi connectivity index (χ0v) is 12.6. The molecule has 1 aliphatic carbocycles. The van der Waals surface area contributed by atoms with E-state index in [4.69, 9.17) is 10.5 Å². The molecule has 1 atom stereocenters. The molecule has 0 amide bonds. The molecule has 1 saturated carbocycles. The molecule has 0 radical (unpaired) electrons. The summed E-state index contributed by atoms with van der Waals surface area (Å²) in [6.45, 7) is 2.65. The maximum atomic E-state index is 6.44. The van der Waals surface area contributed by atoms with E-state index in [2.05, 4.69) is 30.3 Å². The van der Waals surface area contributed by atoms with Gasteiger partial charge in [-0.3, -0.25) is 0 Å². The fraction of sp³-hybridized carbons (Fsp3) is 0.368. The van der Waals surface area contributed by atoms with Crippen molar-refractivity contribution in [2.75, 3.05) is 6.61 Å². The van der Waals surface area contributed by atoms with E-state index in [1.54, 1.807) is 0 Å². The van der Waals surface area contributed by atoms with Crippen molar-refractivity contribution >= 4 is 0 Å². The molecule has 0 aromatic heterocycles. The van der Waals surface area contributed by atoms with Crippen molar-refractivity contribution in [1.29, 1.82) is 0 Å². The summed E-state index contributed by atoms with van der Waals surface area (Å²) in [6, 6.07) is 16.7. The molecule has 21 heavy (non-hydrogen) atoms. The minimum Gasteiger partial charge on any atom is -0.494 e. The van der Waals surface area contributed by atoms with Gasteiger partial charge in [-0.25, -0.2) is 0 Å². The largest absolute Gasteiger partial charge is 0.494 e. The average molecular weight is 281 g/mol. The van der Waals surface area contributed by atoms with Crippen molar-refractivity contribution in [3.8, 4) is 5.75 Å². The van der Waals surface area contributed by atoms with Crippen molar-refractivity contribution < 1.29 is 4.74 Å². The topological polar surface area (TPSA) is 35.2 Å². The van der Waals surface area contributed by atoms with Gasteiger partial charge < -0.3 is 10.5 Å². The van der Waals surface area contributed by atoms with Crippen molar-refractivity contribution in [2.24, 2.45) is 5.73 Å². The number of hydrogen-bond donors (Lipinski definition) is 1. The summed E-state index contributed by atoms with van der Waals surface area (Å²) >= 11 is 0. The highest BCUT2D eigenvalue weighted by Gasteiger charge is 2.20. The molecule has 0 bridgehead atoms. The van der Waals surface area contributed by atoms with Crippen molar-refractivity contribution in [1.82, 2.24) is 0 Å². The minimum absolute atomic E-state index is 0.136. The normalized spacial score (nSPS) is 16.3. The Bertz CT molecular complexity index is 587. The predicted molar refractivity (Wildman–Crippen MR) is 86.7 cm³/mol. The lowest BCUT2D eigenvalue weighted by Crippen LogP contribution is -2.14. The molecule has 110 valence electrons. The van der Waals surface area contributed by atoms with Crippen LogP contribution in [0.5, 0.6) is 5.75 Å². The highest BCUT2D eigenvalue weighted by molar-refractivity contribution is 5.42. The van der Waals surface area contributed by atoms with Crippen molar-refractivity contribution in [3.63, 3.8) is 0 Å². The number of hydrogen-bond acceptors (Lipinski definition) is 2. The Morgan fingerprint density at radius 1 is 1.10 bits per heavy atom. The molecule has 2 nitrogen and oxygen atoms in total. The van der Waals surface area contributed by atoms with Crippen LogP contribution in [-0.2, 0) is 0 Å². The Morgan fingerprint density at radius 3 is 2.43 bits per heavy atom. The number of nitrogens with two attached hydrogens (primary N) is 1. The van der Waals surface area contributed by atoms with Gasteiger partial charge in [-0.15, -0.1) is 0 Å². The highest BCUT2D eigenvalue weighted by Crippen LogP contribution is 2.37. The molecule has 2 heteroatoms. The van der Waals surface area contributed by atoms with Crippen LogP contribution in [0.15, 0.2) is 48.5 Å². The lowest BCUT2D eigenvalue weighted by Gasteiger charge is -2.26. The van der Waals surface area contributed by atoms with Crippen LogP contribution in [0.2, 0.25) is 0 Å². The average Bonchev–Trinajstić information content (AvgIpc) is 2.47. The van der Waals surface area contributed by atoms with E-state index < -0.39 is 0 Å². The first-order valence-corrected chi connectivity index (χ1v) is 7.86. The predicted octanol–water partition coefficient (Wildman–Crippen LogP) is 4.40. The van der Waals surface area contributed by atoms with Gasteiger partial charge in [0.25, 0.3) is 0 Å². The van der Waals surface area contributed by atoms with Gasteiger partial charge in [0.15, 0.2) is 0 Å². The molecule has 1 unspecified atom stereocenters. The molecule has 0 saturated heterocycles. The van der Waals surface area contributed by atoms with Crippen LogP contribution in [-0.4, -0.2) is 6.61 Å². The summed E-state index contributed by atoms with van der Waals surface area (Å²) in [5, 5.41) is 0. The van der Waals surface area contributed by atoms with Crippen LogP contribution in [0.1, 0.15) is 54.8 Å². The Balaban J connectivity index is 1.82. The minimum atomic E-state index is -0.136. The van der Waals surface area contributed by atoms with Crippen LogP contribution in [0.3, 0.4) is 0 Å². The van der Waals surface area contributed by atoms with E-state index in [1.165, 1.54) is 24.8 Å². The molecular formula is C19H23NO. The maximum absolute atomic E-state index is 6.44. The number of para-hydroxylation sites is 1. The van der Waals surface area contributed by atoms with Crippen LogP contribution >= 0.6 is 0 Å². The fourth-order valence-electron chi connectivity index (χ4n) is 2.92.